The van der Waals surface area contributed by atoms with Gasteiger partial charge in [0.2, 0.25) is 0 Å². The van der Waals surface area contributed by atoms with Gasteiger partial charge in [-0.1, -0.05) is 221 Å². The number of hydrogen-bond acceptors (Lipinski definition) is 0. The molecule has 4 heterocycles. The second-order valence-corrected chi connectivity index (χ2v) is 16.0. The van der Waals surface area contributed by atoms with Crippen LogP contribution in [0.3, 0.4) is 0 Å². The Morgan fingerprint density at radius 2 is 0.618 bits per heavy atom. The van der Waals surface area contributed by atoms with Crippen LogP contribution in [0.15, 0.2) is 205 Å². The van der Waals surface area contributed by atoms with E-state index in [1.54, 1.807) is 0 Å². The van der Waals surface area contributed by atoms with Crippen molar-refractivity contribution < 1.29 is 0 Å². The lowest BCUT2D eigenvalue weighted by Crippen LogP contribution is -1.98. The maximum Gasteiger partial charge on any atom is 0.0631 e. The third-order valence-corrected chi connectivity index (χ3v) is 12.3. The van der Waals surface area contributed by atoms with Gasteiger partial charge in [0.15, 0.2) is 0 Å². The van der Waals surface area contributed by atoms with Gasteiger partial charge in [0.05, 0.1) is 27.9 Å². The molecule has 0 saturated heterocycles. The molecule has 8 aromatic carbocycles. The number of nitrogens with zero attached hydrogens (tertiary/aromatic N) is 4. The molecular formula is C72H72N4. The zero-order valence-electron chi connectivity index (χ0n) is 44.4. The van der Waals surface area contributed by atoms with Crippen molar-refractivity contribution in [1.29, 1.82) is 0 Å². The molecule has 12 aromatic rings. The van der Waals surface area contributed by atoms with Gasteiger partial charge in [-0.15, -0.1) is 0 Å². The smallest absolute Gasteiger partial charge is 0.0631 e. The quantitative estimate of drug-likeness (QED) is 0.154. The molecule has 0 bridgehead atoms. The zero-order chi connectivity index (χ0) is 52.4. The van der Waals surface area contributed by atoms with E-state index in [0.717, 1.165) is 11.4 Å². The van der Waals surface area contributed by atoms with Crippen LogP contribution in [0.25, 0.3) is 101 Å². The summed E-state index contributed by atoms with van der Waals surface area (Å²) >= 11 is 0. The minimum absolute atomic E-state index is 0. The minimum atomic E-state index is 0. The van der Waals surface area contributed by atoms with Crippen LogP contribution in [-0.4, -0.2) is 18.3 Å². The monoisotopic (exact) mass is 993 g/mol. The van der Waals surface area contributed by atoms with Gasteiger partial charge in [0.25, 0.3) is 0 Å². The predicted octanol–water partition coefficient (Wildman–Crippen LogP) is 20.1. The van der Waals surface area contributed by atoms with Crippen molar-refractivity contribution in [2.45, 2.75) is 70.2 Å². The summed E-state index contributed by atoms with van der Waals surface area (Å²) in [6.45, 7) is 16.0. The Hall–Kier alpha value is -9.32. The topological polar surface area (TPSA) is 19.7 Å². The highest BCUT2D eigenvalue weighted by Crippen LogP contribution is 2.37. The number of benzene rings is 6. The normalized spacial score (nSPS) is 10.2. The van der Waals surface area contributed by atoms with E-state index in [0.29, 0.717) is 0 Å². The number of aryl methyl sites for hydroxylation is 2. The summed E-state index contributed by atoms with van der Waals surface area (Å²) in [5, 5.41) is 7.65. The maximum absolute atomic E-state index is 3.13. The molecule has 380 valence electrons. The lowest BCUT2D eigenvalue weighted by Gasteiger charge is -2.10. The molecular weight excluding hydrogens is 921 g/mol. The van der Waals surface area contributed by atoms with Crippen molar-refractivity contribution in [1.82, 2.24) is 18.3 Å². The van der Waals surface area contributed by atoms with Crippen LogP contribution in [-0.2, 0) is 14.1 Å². The third kappa shape index (κ3) is 11.6. The van der Waals surface area contributed by atoms with Gasteiger partial charge in [0.1, 0.15) is 0 Å². The van der Waals surface area contributed by atoms with E-state index in [9.17, 15) is 0 Å². The van der Waals surface area contributed by atoms with Crippen LogP contribution in [0.2, 0.25) is 0 Å². The average molecular weight is 993 g/mol. The Labute approximate surface area is 453 Å². The second kappa shape index (κ2) is 28.2. The lowest BCUT2D eigenvalue weighted by molar-refractivity contribution is 1.01. The van der Waals surface area contributed by atoms with Gasteiger partial charge in [-0.3, -0.25) is 0 Å². The Morgan fingerprint density at radius 1 is 0.289 bits per heavy atom. The maximum atomic E-state index is 3.13. The standard InChI is InChI=1S/2C25H16N2.2C6H4.4C2H6.2CH4/c1-26-22-11-5-2-10-20(22)21-16-17(14-15-23(21)26)27-24-12-6-3-8-18(24)19-9-4-7-13-25(19)27;1-26-22-11-5-2-8-18(22)21-15-14-17(16-25(21)26)27-23-12-6-3-9-19(23)20-10-4-7-13-24(20)27;2*1-2-4-6-5-3-1;4*1-2;;/h2*2-3,5-6,8-16H,1H3;2*1-4H;4*1-2H3;2*1H4. The molecule has 0 fully saturated rings. The summed E-state index contributed by atoms with van der Waals surface area (Å²) < 4.78 is 9.20. The van der Waals surface area contributed by atoms with E-state index in [4.69, 9.17) is 0 Å². The van der Waals surface area contributed by atoms with Gasteiger partial charge in [0, 0.05) is 97.6 Å². The molecule has 2 aliphatic carbocycles. The minimum Gasteiger partial charge on any atom is -0.344 e. The van der Waals surface area contributed by atoms with Gasteiger partial charge in [-0.2, -0.15) is 0 Å². The number of para-hydroxylation sites is 4. The van der Waals surface area contributed by atoms with Crippen molar-refractivity contribution in [3.05, 3.63) is 252 Å². The number of hydrogen-bond donors (Lipinski definition) is 0. The van der Waals surface area contributed by atoms with Crippen molar-refractivity contribution in [3.8, 4) is 11.4 Å². The third-order valence-electron chi connectivity index (χ3n) is 12.3. The molecule has 2 aliphatic rings. The first kappa shape index (κ1) is 57.6. The molecule has 4 aromatic heterocycles. The fourth-order valence-corrected chi connectivity index (χ4v) is 9.35. The molecule has 4 nitrogen and oxygen atoms in total. The summed E-state index contributed by atoms with van der Waals surface area (Å²) in [5.41, 5.74) is 27.0. The molecule has 0 atom stereocenters. The molecule has 0 spiro atoms. The molecule has 0 N–H and O–H groups in total. The second-order valence-electron chi connectivity index (χ2n) is 16.0. The summed E-state index contributed by atoms with van der Waals surface area (Å²) in [5.74, 6) is 0. The summed E-state index contributed by atoms with van der Waals surface area (Å²) in [6, 6.07) is 73.8. The number of aromatic nitrogens is 4. The Morgan fingerprint density at radius 3 is 1.05 bits per heavy atom. The van der Waals surface area contributed by atoms with E-state index in [1.807, 2.05) is 128 Å². The van der Waals surface area contributed by atoms with Gasteiger partial charge < -0.3 is 18.3 Å². The van der Waals surface area contributed by atoms with E-state index < -0.39 is 0 Å². The zero-order valence-corrected chi connectivity index (χ0v) is 44.4. The molecule has 0 saturated carbocycles. The predicted molar refractivity (Wildman–Crippen MR) is 334 cm³/mol. The summed E-state index contributed by atoms with van der Waals surface area (Å²) in [4.78, 5) is 0. The molecule has 0 unspecified atom stereocenters. The first-order valence-electron chi connectivity index (χ1n) is 25.9. The van der Waals surface area contributed by atoms with Crippen LogP contribution < -0.4 is 0 Å². The average Bonchev–Trinajstić information content (AvgIpc) is 4.22. The number of fused-ring (bicyclic) bond motifs is 12. The van der Waals surface area contributed by atoms with Crippen molar-refractivity contribution in [2.24, 2.45) is 14.1 Å². The summed E-state index contributed by atoms with van der Waals surface area (Å²) in [6.07, 6.45) is 8.12. The fourth-order valence-electron chi connectivity index (χ4n) is 9.35. The molecule has 76 heavy (non-hydrogen) atoms. The molecule has 0 radical (unpaired) electrons. The van der Waals surface area contributed by atoms with Crippen molar-refractivity contribution in [3.63, 3.8) is 0 Å². The Bertz CT molecular complexity index is 3900. The van der Waals surface area contributed by atoms with Crippen LogP contribution >= 0.6 is 0 Å². The highest BCUT2D eigenvalue weighted by Gasteiger charge is 2.19. The van der Waals surface area contributed by atoms with Crippen LogP contribution in [0.4, 0.5) is 0 Å². The molecule has 0 amide bonds. The van der Waals surface area contributed by atoms with Crippen LogP contribution in [0.5, 0.6) is 0 Å². The number of rotatable bonds is 2. The van der Waals surface area contributed by atoms with Gasteiger partial charge in [-0.05, 0) is 91.0 Å². The first-order valence-corrected chi connectivity index (χ1v) is 25.9. The SMILES string of the molecule is C.C.CC.CC.CC.CC.Cn1c2ccccc2c2cc(-n3c4c(c5ccccc53)C=C=C=C4)ccc21.Cn1c2ccccc2c2ccc(-n3c4c(c5ccccc53)C=C=C=C4)cc21.c1ccccc#1.c1ccccc#1. The summed E-state index contributed by atoms with van der Waals surface area (Å²) in [7, 11) is 4.28. The van der Waals surface area contributed by atoms with E-state index >= 15 is 0 Å². The molecule has 4 heteroatoms. The van der Waals surface area contributed by atoms with Crippen LogP contribution in [0, 0.1) is 24.3 Å². The van der Waals surface area contributed by atoms with E-state index in [-0.39, 0.29) is 14.9 Å². The highest BCUT2D eigenvalue weighted by molar-refractivity contribution is 6.10. The van der Waals surface area contributed by atoms with E-state index in [2.05, 4.69) is 213 Å². The Balaban J connectivity index is 0.000000204. The lowest BCUT2D eigenvalue weighted by atomic mass is 10.1. The van der Waals surface area contributed by atoms with Crippen molar-refractivity contribution >= 4 is 89.7 Å². The van der Waals surface area contributed by atoms with E-state index in [1.165, 1.54) is 87.9 Å². The first-order chi connectivity index (χ1) is 36.7. The molecule has 0 aliphatic heterocycles. The molecule has 14 rings (SSSR count). The van der Waals surface area contributed by atoms with Crippen molar-refractivity contribution in [2.75, 3.05) is 0 Å². The fraction of sp³-hybridized carbons (Fsp3) is 0.167. The Kier molecular flexibility index (Phi) is 21.4. The van der Waals surface area contributed by atoms with Gasteiger partial charge in [-0.25, -0.2) is 0 Å². The largest absolute Gasteiger partial charge is 0.344 e. The highest BCUT2D eigenvalue weighted by atomic mass is 15.0. The van der Waals surface area contributed by atoms with Gasteiger partial charge >= 0.3 is 0 Å². The van der Waals surface area contributed by atoms with Crippen LogP contribution in [0.1, 0.15) is 92.8 Å².